The summed E-state index contributed by atoms with van der Waals surface area (Å²) in [6.45, 7) is 1.97. The fraction of sp³-hybridized carbons (Fsp3) is 0.273. The molecule has 15 heavy (non-hydrogen) atoms. The van der Waals surface area contributed by atoms with Crippen molar-refractivity contribution in [3.05, 3.63) is 33.9 Å². The van der Waals surface area contributed by atoms with Gasteiger partial charge >= 0.3 is 0 Å². The van der Waals surface area contributed by atoms with Crippen molar-refractivity contribution in [2.75, 3.05) is 0 Å². The summed E-state index contributed by atoms with van der Waals surface area (Å²) in [6.07, 6.45) is 0.808. The van der Waals surface area contributed by atoms with Gasteiger partial charge in [0.05, 0.1) is 10.5 Å². The third-order valence-electron chi connectivity index (χ3n) is 2.24. The number of rotatable bonds is 2. The number of fused-ring (bicyclic) bond motifs is 1. The Balaban J connectivity index is 2.50. The molecule has 2 nitrogen and oxygen atoms in total. The molecule has 1 heterocycles. The number of aromatic amines is 1. The van der Waals surface area contributed by atoms with Gasteiger partial charge in [-0.25, -0.2) is 0 Å². The van der Waals surface area contributed by atoms with Crippen molar-refractivity contribution in [1.82, 2.24) is 4.98 Å². The first kappa shape index (κ1) is 10.8. The Labute approximate surface area is 98.4 Å². The van der Waals surface area contributed by atoms with E-state index in [0.29, 0.717) is 10.0 Å². The van der Waals surface area contributed by atoms with Gasteiger partial charge in [-0.3, -0.25) is 0 Å². The molecular weight excluding hydrogens is 231 g/mol. The summed E-state index contributed by atoms with van der Waals surface area (Å²) in [5.41, 5.74) is 7.75. The van der Waals surface area contributed by atoms with Crippen molar-refractivity contribution in [3.8, 4) is 0 Å². The molecule has 1 aromatic carbocycles. The molecule has 2 aromatic rings. The fourth-order valence-corrected chi connectivity index (χ4v) is 2.24. The number of nitrogens with one attached hydrogen (secondary N) is 1. The lowest BCUT2D eigenvalue weighted by molar-refractivity contribution is 0.727. The molecular formula is C11H12Cl2N2. The van der Waals surface area contributed by atoms with Crippen LogP contribution in [0.3, 0.4) is 0 Å². The highest BCUT2D eigenvalue weighted by molar-refractivity contribution is 6.38. The summed E-state index contributed by atoms with van der Waals surface area (Å²) in [5.74, 6) is 0. The molecule has 0 spiro atoms. The summed E-state index contributed by atoms with van der Waals surface area (Å²) in [6, 6.07) is 5.80. The van der Waals surface area contributed by atoms with Crippen LogP contribution < -0.4 is 5.73 Å². The number of nitrogens with two attached hydrogens (primary N) is 1. The van der Waals surface area contributed by atoms with E-state index in [0.717, 1.165) is 23.0 Å². The van der Waals surface area contributed by atoms with E-state index in [1.54, 1.807) is 6.07 Å². The second-order valence-corrected chi connectivity index (χ2v) is 4.67. The highest BCUT2D eigenvalue weighted by Crippen LogP contribution is 2.28. The molecule has 80 valence electrons. The zero-order chi connectivity index (χ0) is 11.0. The van der Waals surface area contributed by atoms with Gasteiger partial charge in [-0.2, -0.15) is 0 Å². The van der Waals surface area contributed by atoms with Gasteiger partial charge in [-0.1, -0.05) is 23.2 Å². The van der Waals surface area contributed by atoms with Gasteiger partial charge in [0.2, 0.25) is 0 Å². The normalized spacial score (nSPS) is 13.3. The molecule has 0 amide bonds. The zero-order valence-electron chi connectivity index (χ0n) is 8.35. The maximum Gasteiger partial charge on any atom is 0.0661 e. The molecule has 0 aliphatic heterocycles. The van der Waals surface area contributed by atoms with E-state index < -0.39 is 0 Å². The standard InChI is InChI=1S/C11H12Cl2N2/c1-6(14)2-9-4-7-3-8(12)5-10(13)11(7)15-9/h3-6,15H,2,14H2,1H3. The third kappa shape index (κ3) is 2.28. The molecule has 1 unspecified atom stereocenters. The van der Waals surface area contributed by atoms with E-state index in [2.05, 4.69) is 4.98 Å². The molecule has 0 bridgehead atoms. The lowest BCUT2D eigenvalue weighted by Crippen LogP contribution is -2.17. The van der Waals surface area contributed by atoms with Crippen molar-refractivity contribution < 1.29 is 0 Å². The number of halogens is 2. The van der Waals surface area contributed by atoms with Crippen molar-refractivity contribution in [2.45, 2.75) is 19.4 Å². The van der Waals surface area contributed by atoms with Crippen LogP contribution >= 0.6 is 23.2 Å². The Morgan fingerprint density at radius 3 is 2.73 bits per heavy atom. The van der Waals surface area contributed by atoms with Crippen LogP contribution in [0.15, 0.2) is 18.2 Å². The minimum Gasteiger partial charge on any atom is -0.357 e. The Morgan fingerprint density at radius 2 is 2.07 bits per heavy atom. The summed E-state index contributed by atoms with van der Waals surface area (Å²) in [7, 11) is 0. The van der Waals surface area contributed by atoms with Crippen molar-refractivity contribution >= 4 is 34.1 Å². The highest BCUT2D eigenvalue weighted by Gasteiger charge is 2.07. The van der Waals surface area contributed by atoms with E-state index in [-0.39, 0.29) is 6.04 Å². The third-order valence-corrected chi connectivity index (χ3v) is 2.76. The smallest absolute Gasteiger partial charge is 0.0661 e. The van der Waals surface area contributed by atoms with E-state index >= 15 is 0 Å². The predicted octanol–water partition coefficient (Wildman–Crippen LogP) is 3.36. The second kappa shape index (κ2) is 4.05. The van der Waals surface area contributed by atoms with Crippen LogP contribution in [-0.4, -0.2) is 11.0 Å². The molecule has 3 N–H and O–H groups in total. The topological polar surface area (TPSA) is 41.8 Å². The van der Waals surface area contributed by atoms with Crippen molar-refractivity contribution in [3.63, 3.8) is 0 Å². The maximum atomic E-state index is 6.07. The monoisotopic (exact) mass is 242 g/mol. The largest absolute Gasteiger partial charge is 0.357 e. The van der Waals surface area contributed by atoms with Crippen LogP contribution in [-0.2, 0) is 6.42 Å². The fourth-order valence-electron chi connectivity index (χ4n) is 1.68. The lowest BCUT2D eigenvalue weighted by Gasteiger charge is -2.00. The van der Waals surface area contributed by atoms with Gasteiger partial charge in [-0.15, -0.1) is 0 Å². The van der Waals surface area contributed by atoms with Gasteiger partial charge in [0, 0.05) is 28.6 Å². The van der Waals surface area contributed by atoms with E-state index in [4.69, 9.17) is 28.9 Å². The quantitative estimate of drug-likeness (QED) is 0.834. The first-order valence-electron chi connectivity index (χ1n) is 4.78. The molecule has 4 heteroatoms. The lowest BCUT2D eigenvalue weighted by atomic mass is 10.2. The Morgan fingerprint density at radius 1 is 1.33 bits per heavy atom. The van der Waals surface area contributed by atoms with Crippen LogP contribution in [0.25, 0.3) is 10.9 Å². The molecule has 2 rings (SSSR count). The van der Waals surface area contributed by atoms with Crippen LogP contribution in [0.1, 0.15) is 12.6 Å². The van der Waals surface area contributed by atoms with E-state index in [1.807, 2.05) is 19.1 Å². The average molecular weight is 243 g/mol. The predicted molar refractivity (Wildman–Crippen MR) is 65.7 cm³/mol. The zero-order valence-corrected chi connectivity index (χ0v) is 9.86. The van der Waals surface area contributed by atoms with Crippen LogP contribution in [0.2, 0.25) is 10.0 Å². The van der Waals surface area contributed by atoms with Gasteiger partial charge in [-0.05, 0) is 25.1 Å². The van der Waals surface area contributed by atoms with Gasteiger partial charge in [0.15, 0.2) is 0 Å². The average Bonchev–Trinajstić information content (AvgIpc) is 2.45. The van der Waals surface area contributed by atoms with Crippen LogP contribution in [0.5, 0.6) is 0 Å². The Hall–Kier alpha value is -0.700. The summed E-state index contributed by atoms with van der Waals surface area (Å²) in [4.78, 5) is 3.25. The second-order valence-electron chi connectivity index (χ2n) is 3.83. The van der Waals surface area contributed by atoms with E-state index in [9.17, 15) is 0 Å². The van der Waals surface area contributed by atoms with Gasteiger partial charge in [0.25, 0.3) is 0 Å². The van der Waals surface area contributed by atoms with Crippen molar-refractivity contribution in [2.24, 2.45) is 5.73 Å². The molecule has 0 saturated heterocycles. The first-order valence-corrected chi connectivity index (χ1v) is 5.54. The molecule has 0 radical (unpaired) electrons. The van der Waals surface area contributed by atoms with Gasteiger partial charge in [0.1, 0.15) is 0 Å². The molecule has 1 atom stereocenters. The van der Waals surface area contributed by atoms with E-state index in [1.165, 1.54) is 0 Å². The van der Waals surface area contributed by atoms with Gasteiger partial charge < -0.3 is 10.7 Å². The Kier molecular flexibility index (Phi) is 2.91. The summed E-state index contributed by atoms with van der Waals surface area (Å²) >= 11 is 12.0. The number of hydrogen-bond acceptors (Lipinski definition) is 1. The minimum absolute atomic E-state index is 0.132. The summed E-state index contributed by atoms with van der Waals surface area (Å²) in [5, 5.41) is 2.33. The highest BCUT2D eigenvalue weighted by atomic mass is 35.5. The summed E-state index contributed by atoms with van der Waals surface area (Å²) < 4.78 is 0. The Bertz CT molecular complexity index is 489. The maximum absolute atomic E-state index is 6.07. The van der Waals surface area contributed by atoms with Crippen LogP contribution in [0.4, 0.5) is 0 Å². The molecule has 0 aliphatic rings. The van der Waals surface area contributed by atoms with Crippen molar-refractivity contribution in [1.29, 1.82) is 0 Å². The molecule has 0 aliphatic carbocycles. The molecule has 0 fully saturated rings. The number of aromatic nitrogens is 1. The number of hydrogen-bond donors (Lipinski definition) is 2. The first-order chi connectivity index (χ1) is 7.06. The SMILES string of the molecule is CC(N)Cc1cc2cc(Cl)cc(Cl)c2[nH]1. The molecule has 1 aromatic heterocycles. The minimum atomic E-state index is 0.132. The number of H-pyrrole nitrogens is 1. The number of benzene rings is 1. The molecule has 0 saturated carbocycles. The van der Waals surface area contributed by atoms with Crippen LogP contribution in [0, 0.1) is 0 Å².